The van der Waals surface area contributed by atoms with Crippen LogP contribution < -0.4 is 10.6 Å². The molecular formula is C30H30N4O. The van der Waals surface area contributed by atoms with Crippen molar-refractivity contribution in [2.45, 2.75) is 45.6 Å². The first-order chi connectivity index (χ1) is 17.0. The van der Waals surface area contributed by atoms with Crippen LogP contribution in [0.1, 0.15) is 58.7 Å². The maximum absolute atomic E-state index is 13.1. The molecular weight excluding hydrogens is 432 g/mol. The molecule has 1 aromatic heterocycles. The summed E-state index contributed by atoms with van der Waals surface area (Å²) < 4.78 is 0. The Morgan fingerprint density at radius 3 is 2.49 bits per heavy atom. The van der Waals surface area contributed by atoms with E-state index in [4.69, 9.17) is 0 Å². The molecule has 0 aliphatic heterocycles. The number of carbonyl (C=O) groups excluding carboxylic acids is 1. The standard InChI is InChI=1S/C30H30N4O/c1-20(24-16-15-22-9-6-7-12-25(22)17-24)31-30(35)26-13-8-14-27(18-26)34-29-19-28(32-21(2)33-29)23-10-4-3-5-11-23/h3-5,8,10-11,13-20H,6-7,9,12H2,1-2H3,(H,31,35)(H,32,33,34). The highest BCUT2D eigenvalue weighted by Crippen LogP contribution is 2.26. The van der Waals surface area contributed by atoms with E-state index in [-0.39, 0.29) is 11.9 Å². The van der Waals surface area contributed by atoms with E-state index < -0.39 is 0 Å². The number of nitrogens with zero attached hydrogens (tertiary/aromatic N) is 2. The van der Waals surface area contributed by atoms with Crippen molar-refractivity contribution in [1.82, 2.24) is 15.3 Å². The lowest BCUT2D eigenvalue weighted by Crippen LogP contribution is -2.26. The minimum absolute atomic E-state index is 0.0655. The van der Waals surface area contributed by atoms with Crippen molar-refractivity contribution in [3.63, 3.8) is 0 Å². The van der Waals surface area contributed by atoms with Crippen LogP contribution in [0, 0.1) is 6.92 Å². The number of aromatic nitrogens is 2. The van der Waals surface area contributed by atoms with E-state index in [0.29, 0.717) is 17.2 Å². The molecule has 0 saturated carbocycles. The predicted octanol–water partition coefficient (Wildman–Crippen LogP) is 6.57. The van der Waals surface area contributed by atoms with Gasteiger partial charge in [-0.05, 0) is 74.4 Å². The summed E-state index contributed by atoms with van der Waals surface area (Å²) in [5.74, 6) is 1.28. The van der Waals surface area contributed by atoms with Gasteiger partial charge in [-0.2, -0.15) is 0 Å². The van der Waals surface area contributed by atoms with Crippen molar-refractivity contribution < 1.29 is 4.79 Å². The van der Waals surface area contributed by atoms with E-state index in [1.807, 2.05) is 74.5 Å². The first-order valence-electron chi connectivity index (χ1n) is 12.3. The molecule has 1 amide bonds. The Morgan fingerprint density at radius 2 is 1.66 bits per heavy atom. The Hall–Kier alpha value is -3.99. The van der Waals surface area contributed by atoms with E-state index in [0.717, 1.165) is 35.3 Å². The van der Waals surface area contributed by atoms with E-state index in [1.54, 1.807) is 0 Å². The minimum atomic E-state index is -0.0947. The van der Waals surface area contributed by atoms with Crippen LogP contribution in [-0.4, -0.2) is 15.9 Å². The Bertz CT molecular complexity index is 1350. The van der Waals surface area contributed by atoms with Gasteiger partial charge in [0.25, 0.3) is 5.91 Å². The Balaban J connectivity index is 1.30. The molecule has 0 bridgehead atoms. The number of aryl methyl sites for hydroxylation is 3. The molecule has 1 heterocycles. The number of rotatable bonds is 6. The second-order valence-electron chi connectivity index (χ2n) is 9.19. The fourth-order valence-corrected chi connectivity index (χ4v) is 4.66. The molecule has 5 heteroatoms. The van der Waals surface area contributed by atoms with Gasteiger partial charge in [0.15, 0.2) is 0 Å². The van der Waals surface area contributed by atoms with Crippen molar-refractivity contribution in [3.05, 3.63) is 107 Å². The van der Waals surface area contributed by atoms with Crippen LogP contribution in [0.4, 0.5) is 11.5 Å². The largest absolute Gasteiger partial charge is 0.346 e. The van der Waals surface area contributed by atoms with Gasteiger partial charge in [-0.3, -0.25) is 4.79 Å². The first kappa shape index (κ1) is 22.8. The molecule has 4 aromatic rings. The van der Waals surface area contributed by atoms with E-state index in [9.17, 15) is 4.79 Å². The quantitative estimate of drug-likeness (QED) is 0.340. The van der Waals surface area contributed by atoms with Gasteiger partial charge >= 0.3 is 0 Å². The normalized spacial score (nSPS) is 13.5. The topological polar surface area (TPSA) is 66.9 Å². The average molecular weight is 463 g/mol. The monoisotopic (exact) mass is 462 g/mol. The Morgan fingerprint density at radius 1 is 0.857 bits per heavy atom. The summed E-state index contributed by atoms with van der Waals surface area (Å²) in [6.07, 6.45) is 4.81. The predicted molar refractivity (Wildman–Crippen MR) is 141 cm³/mol. The molecule has 1 aliphatic rings. The maximum Gasteiger partial charge on any atom is 0.251 e. The average Bonchev–Trinajstić information content (AvgIpc) is 2.88. The highest BCUT2D eigenvalue weighted by molar-refractivity contribution is 5.95. The second kappa shape index (κ2) is 10.1. The highest BCUT2D eigenvalue weighted by Gasteiger charge is 2.15. The van der Waals surface area contributed by atoms with Crippen molar-refractivity contribution in [3.8, 4) is 11.3 Å². The van der Waals surface area contributed by atoms with Crippen LogP contribution in [0.25, 0.3) is 11.3 Å². The second-order valence-corrected chi connectivity index (χ2v) is 9.19. The van der Waals surface area contributed by atoms with Crippen molar-refractivity contribution >= 4 is 17.4 Å². The number of nitrogens with one attached hydrogen (secondary N) is 2. The molecule has 2 N–H and O–H groups in total. The molecule has 1 atom stereocenters. The lowest BCUT2D eigenvalue weighted by atomic mass is 9.89. The number of fused-ring (bicyclic) bond motifs is 1. The van der Waals surface area contributed by atoms with Gasteiger partial charge in [-0.1, -0.05) is 54.6 Å². The number of carbonyl (C=O) groups is 1. The van der Waals surface area contributed by atoms with Gasteiger partial charge in [0.05, 0.1) is 11.7 Å². The first-order valence-corrected chi connectivity index (χ1v) is 12.3. The molecule has 1 unspecified atom stereocenters. The van der Waals surface area contributed by atoms with Crippen molar-refractivity contribution in [1.29, 1.82) is 0 Å². The van der Waals surface area contributed by atoms with Gasteiger partial charge in [0.2, 0.25) is 0 Å². The smallest absolute Gasteiger partial charge is 0.251 e. The van der Waals surface area contributed by atoms with E-state index in [1.165, 1.54) is 24.0 Å². The van der Waals surface area contributed by atoms with Gasteiger partial charge in [0.1, 0.15) is 11.6 Å². The molecule has 0 saturated heterocycles. The van der Waals surface area contributed by atoms with Crippen molar-refractivity contribution in [2.75, 3.05) is 5.32 Å². The summed E-state index contributed by atoms with van der Waals surface area (Å²) in [5, 5.41) is 6.50. The molecule has 3 aromatic carbocycles. The molecule has 5 rings (SSSR count). The summed E-state index contributed by atoms with van der Waals surface area (Å²) >= 11 is 0. The van der Waals surface area contributed by atoms with E-state index >= 15 is 0 Å². The molecule has 5 nitrogen and oxygen atoms in total. The summed E-state index contributed by atoms with van der Waals surface area (Å²) in [7, 11) is 0. The van der Waals surface area contributed by atoms with Gasteiger partial charge in [0, 0.05) is 22.9 Å². The number of hydrogen-bond donors (Lipinski definition) is 2. The van der Waals surface area contributed by atoms with Crippen LogP contribution in [0.3, 0.4) is 0 Å². The fraction of sp³-hybridized carbons (Fsp3) is 0.233. The van der Waals surface area contributed by atoms with Crippen molar-refractivity contribution in [2.24, 2.45) is 0 Å². The number of amides is 1. The zero-order valence-corrected chi connectivity index (χ0v) is 20.2. The zero-order chi connectivity index (χ0) is 24.2. The van der Waals surface area contributed by atoms with Gasteiger partial charge in [-0.15, -0.1) is 0 Å². The van der Waals surface area contributed by atoms with E-state index in [2.05, 4.69) is 38.8 Å². The molecule has 0 spiro atoms. The third kappa shape index (κ3) is 5.40. The number of hydrogen-bond acceptors (Lipinski definition) is 4. The highest BCUT2D eigenvalue weighted by atomic mass is 16.1. The SMILES string of the molecule is Cc1nc(Nc2cccc(C(=O)NC(C)c3ccc4c(c3)CCCC4)c2)cc(-c2ccccc2)n1. The zero-order valence-electron chi connectivity index (χ0n) is 20.2. The van der Waals surface area contributed by atoms with Crippen LogP contribution in [-0.2, 0) is 12.8 Å². The summed E-state index contributed by atoms with van der Waals surface area (Å²) in [4.78, 5) is 22.1. The van der Waals surface area contributed by atoms with Crippen LogP contribution in [0.15, 0.2) is 78.9 Å². The lowest BCUT2D eigenvalue weighted by Gasteiger charge is -2.20. The Labute approximate surface area is 206 Å². The van der Waals surface area contributed by atoms with Gasteiger partial charge < -0.3 is 10.6 Å². The molecule has 0 radical (unpaired) electrons. The van der Waals surface area contributed by atoms with Crippen LogP contribution >= 0.6 is 0 Å². The molecule has 0 fully saturated rings. The third-order valence-electron chi connectivity index (χ3n) is 6.52. The minimum Gasteiger partial charge on any atom is -0.346 e. The van der Waals surface area contributed by atoms with Crippen LogP contribution in [0.2, 0.25) is 0 Å². The Kier molecular flexibility index (Phi) is 6.57. The summed E-state index contributed by atoms with van der Waals surface area (Å²) in [6.45, 7) is 3.92. The molecule has 1 aliphatic carbocycles. The molecule has 176 valence electrons. The lowest BCUT2D eigenvalue weighted by molar-refractivity contribution is 0.0940. The number of anilines is 2. The summed E-state index contributed by atoms with van der Waals surface area (Å²) in [6, 6.07) is 26.0. The maximum atomic E-state index is 13.1. The summed E-state index contributed by atoms with van der Waals surface area (Å²) in [5.41, 5.74) is 7.32. The fourth-order valence-electron chi connectivity index (χ4n) is 4.66. The van der Waals surface area contributed by atoms with Crippen LogP contribution in [0.5, 0.6) is 0 Å². The third-order valence-corrected chi connectivity index (χ3v) is 6.52. The number of benzene rings is 3. The van der Waals surface area contributed by atoms with Gasteiger partial charge in [-0.25, -0.2) is 9.97 Å². The molecule has 35 heavy (non-hydrogen) atoms.